The lowest BCUT2D eigenvalue weighted by Gasteiger charge is -2.15. The molecule has 0 saturated heterocycles. The van der Waals surface area contributed by atoms with Gasteiger partial charge in [0.2, 0.25) is 5.88 Å². The number of aryl methyl sites for hydroxylation is 2. The van der Waals surface area contributed by atoms with Gasteiger partial charge in [-0.25, -0.2) is 18.8 Å². The monoisotopic (exact) mass is 401 g/mol. The number of amides is 2. The Morgan fingerprint density at radius 1 is 1.29 bits per heavy atom. The molecule has 28 heavy (non-hydrogen) atoms. The maximum atomic E-state index is 13.0. The van der Waals surface area contributed by atoms with Crippen molar-refractivity contribution >= 4 is 21.6 Å². The van der Waals surface area contributed by atoms with E-state index in [0.717, 1.165) is 44.2 Å². The summed E-state index contributed by atoms with van der Waals surface area (Å²) in [5, 5.41) is 13.0. The van der Waals surface area contributed by atoms with Crippen LogP contribution in [0.25, 0.3) is 0 Å². The third-order valence-electron chi connectivity index (χ3n) is 5.74. The number of rotatable bonds is 2. The van der Waals surface area contributed by atoms with E-state index in [4.69, 9.17) is 9.88 Å². The number of anilines is 1. The highest BCUT2D eigenvalue weighted by Crippen LogP contribution is 2.38. The molecule has 0 bridgehead atoms. The van der Waals surface area contributed by atoms with Gasteiger partial charge in [0.25, 0.3) is 0 Å². The molecule has 148 valence electrons. The standard InChI is InChI=1S/C19H23N5O3S/c1-11-10-24-18(27-11)16(9-21-24)28(20,26)23-19(25)22-17-14-6-2-4-12(14)8-13-5-3-7-15(13)17/h8-9,11H,2-7,10H2,1H3,(H3,20,22,23,25,26)/t11-,28+/m1/s1. The molecule has 1 aromatic heterocycles. The van der Waals surface area contributed by atoms with E-state index in [9.17, 15) is 9.00 Å². The van der Waals surface area contributed by atoms with Gasteiger partial charge < -0.3 is 10.1 Å². The smallest absolute Gasteiger partial charge is 0.354 e. The Labute approximate surface area is 163 Å². The molecule has 2 aromatic rings. The summed E-state index contributed by atoms with van der Waals surface area (Å²) in [6.45, 7) is 2.44. The Morgan fingerprint density at radius 3 is 2.64 bits per heavy atom. The third-order valence-corrected chi connectivity index (χ3v) is 7.09. The van der Waals surface area contributed by atoms with E-state index in [1.807, 2.05) is 6.92 Å². The zero-order valence-corrected chi connectivity index (χ0v) is 16.6. The highest BCUT2D eigenvalue weighted by molar-refractivity contribution is 7.91. The predicted octanol–water partition coefficient (Wildman–Crippen LogP) is 2.57. The van der Waals surface area contributed by atoms with E-state index >= 15 is 0 Å². The SMILES string of the molecule is C[C@@H]1Cn2ncc([S@@](N)(=O)=NC(=O)Nc3c4c(cc5c3CCC5)CCC4)c2O1. The highest BCUT2D eigenvalue weighted by Gasteiger charge is 2.29. The fourth-order valence-corrected chi connectivity index (χ4v) is 5.54. The first-order valence-electron chi connectivity index (χ1n) is 9.67. The number of benzene rings is 1. The zero-order valence-electron chi connectivity index (χ0n) is 15.7. The van der Waals surface area contributed by atoms with Gasteiger partial charge in [-0.05, 0) is 67.7 Å². The number of hydrogen-bond acceptors (Lipinski definition) is 4. The minimum atomic E-state index is -3.46. The summed E-state index contributed by atoms with van der Waals surface area (Å²) in [4.78, 5) is 12.8. The van der Waals surface area contributed by atoms with Crippen molar-refractivity contribution in [1.29, 1.82) is 0 Å². The second-order valence-electron chi connectivity index (χ2n) is 7.75. The van der Waals surface area contributed by atoms with Crippen LogP contribution in [0.15, 0.2) is 21.5 Å². The molecular formula is C19H23N5O3S. The number of nitrogens with one attached hydrogen (secondary N) is 1. The normalized spacial score (nSPS) is 21.4. The molecule has 1 aromatic carbocycles. The van der Waals surface area contributed by atoms with Crippen molar-refractivity contribution in [3.05, 3.63) is 34.5 Å². The van der Waals surface area contributed by atoms with Gasteiger partial charge in [0, 0.05) is 5.69 Å². The van der Waals surface area contributed by atoms with Crippen LogP contribution in [0.2, 0.25) is 0 Å². The number of nitrogens with zero attached hydrogens (tertiary/aromatic N) is 3. The van der Waals surface area contributed by atoms with Crippen molar-refractivity contribution < 1.29 is 13.7 Å². The molecule has 8 nitrogen and oxygen atoms in total. The Morgan fingerprint density at radius 2 is 1.96 bits per heavy atom. The van der Waals surface area contributed by atoms with Crippen LogP contribution in [0.4, 0.5) is 10.5 Å². The maximum Gasteiger partial charge on any atom is 0.354 e. The fraction of sp³-hybridized carbons (Fsp3) is 0.474. The summed E-state index contributed by atoms with van der Waals surface area (Å²) in [6.07, 6.45) is 7.42. The van der Waals surface area contributed by atoms with Gasteiger partial charge in [-0.3, -0.25) is 0 Å². The van der Waals surface area contributed by atoms with Gasteiger partial charge >= 0.3 is 6.03 Å². The Bertz CT molecular complexity index is 1080. The topological polar surface area (TPSA) is 112 Å². The molecule has 0 saturated carbocycles. The predicted molar refractivity (Wildman–Crippen MR) is 105 cm³/mol. The number of fused-ring (bicyclic) bond motifs is 3. The summed E-state index contributed by atoms with van der Waals surface area (Å²) >= 11 is 0. The summed E-state index contributed by atoms with van der Waals surface area (Å²) in [6, 6.07) is 1.60. The van der Waals surface area contributed by atoms with E-state index < -0.39 is 15.9 Å². The van der Waals surface area contributed by atoms with Gasteiger partial charge in [0.15, 0.2) is 9.92 Å². The number of aromatic nitrogens is 2. The van der Waals surface area contributed by atoms with Crippen LogP contribution in [0.1, 0.15) is 42.0 Å². The molecule has 9 heteroatoms. The molecule has 2 atom stereocenters. The Kier molecular flexibility index (Phi) is 3.99. The van der Waals surface area contributed by atoms with Crippen LogP contribution in [-0.4, -0.2) is 26.1 Å². The average Bonchev–Trinajstić information content (AvgIpc) is 3.35. The summed E-state index contributed by atoms with van der Waals surface area (Å²) in [7, 11) is -3.46. The molecule has 2 heterocycles. The first kappa shape index (κ1) is 17.7. The van der Waals surface area contributed by atoms with Gasteiger partial charge in [-0.2, -0.15) is 5.10 Å². The van der Waals surface area contributed by atoms with Gasteiger partial charge in [0.05, 0.1) is 12.7 Å². The number of ether oxygens (including phenoxy) is 1. The lowest BCUT2D eigenvalue weighted by Crippen LogP contribution is -2.19. The van der Waals surface area contributed by atoms with Crippen LogP contribution >= 0.6 is 0 Å². The fourth-order valence-electron chi connectivity index (χ4n) is 4.55. The third kappa shape index (κ3) is 2.80. The first-order valence-corrected chi connectivity index (χ1v) is 11.2. The van der Waals surface area contributed by atoms with Crippen LogP contribution in [-0.2, 0) is 42.1 Å². The van der Waals surface area contributed by atoms with Crippen LogP contribution in [0.5, 0.6) is 5.88 Å². The number of hydrogen-bond donors (Lipinski definition) is 2. The molecule has 3 N–H and O–H groups in total. The minimum Gasteiger partial charge on any atom is -0.472 e. The molecule has 0 radical (unpaired) electrons. The van der Waals surface area contributed by atoms with Crippen LogP contribution < -0.4 is 15.2 Å². The van der Waals surface area contributed by atoms with Gasteiger partial charge in [-0.1, -0.05) is 6.07 Å². The number of carbonyl (C=O) groups is 1. The Balaban J connectivity index is 1.48. The number of carbonyl (C=O) groups excluding carboxylic acids is 1. The molecule has 2 amide bonds. The highest BCUT2D eigenvalue weighted by atomic mass is 32.2. The van der Waals surface area contributed by atoms with Gasteiger partial charge in [-0.15, -0.1) is 4.36 Å². The second-order valence-corrected chi connectivity index (χ2v) is 9.51. The molecular weight excluding hydrogens is 378 g/mol. The first-order chi connectivity index (χ1) is 13.4. The van der Waals surface area contributed by atoms with Crippen molar-refractivity contribution in [2.24, 2.45) is 9.50 Å². The van der Waals surface area contributed by atoms with Crippen molar-refractivity contribution in [2.45, 2.75) is 63.0 Å². The second kappa shape index (κ2) is 6.31. The van der Waals surface area contributed by atoms with E-state index in [2.05, 4.69) is 20.8 Å². The van der Waals surface area contributed by atoms with Crippen LogP contribution in [0, 0.1) is 0 Å². The molecule has 3 aliphatic rings. The summed E-state index contributed by atoms with van der Waals surface area (Å²) in [5.74, 6) is 0.332. The van der Waals surface area contributed by atoms with Crippen LogP contribution in [0.3, 0.4) is 0 Å². The number of nitrogens with two attached hydrogens (primary N) is 1. The van der Waals surface area contributed by atoms with E-state index in [-0.39, 0.29) is 11.0 Å². The summed E-state index contributed by atoms with van der Waals surface area (Å²) < 4.78 is 24.1. The van der Waals surface area contributed by atoms with Crippen molar-refractivity contribution in [3.63, 3.8) is 0 Å². The maximum absolute atomic E-state index is 13.0. The quantitative estimate of drug-likeness (QED) is 0.805. The van der Waals surface area contributed by atoms with Gasteiger partial charge in [0.1, 0.15) is 11.0 Å². The minimum absolute atomic E-state index is 0.0824. The number of urea groups is 1. The van der Waals surface area contributed by atoms with E-state index in [0.29, 0.717) is 12.4 Å². The lowest BCUT2D eigenvalue weighted by molar-refractivity contribution is 0.248. The molecule has 5 rings (SSSR count). The van der Waals surface area contributed by atoms with Crippen molar-refractivity contribution in [2.75, 3.05) is 5.32 Å². The molecule has 2 aliphatic carbocycles. The Hall–Kier alpha value is -2.39. The van der Waals surface area contributed by atoms with Crippen molar-refractivity contribution in [1.82, 2.24) is 9.78 Å². The van der Waals surface area contributed by atoms with Crippen molar-refractivity contribution in [3.8, 4) is 5.88 Å². The molecule has 0 unspecified atom stereocenters. The zero-order chi connectivity index (χ0) is 19.5. The molecule has 0 spiro atoms. The van der Waals surface area contributed by atoms with E-state index in [1.54, 1.807) is 4.68 Å². The summed E-state index contributed by atoms with van der Waals surface area (Å²) in [5.41, 5.74) is 5.85. The largest absolute Gasteiger partial charge is 0.472 e. The van der Waals surface area contributed by atoms with E-state index in [1.165, 1.54) is 28.5 Å². The average molecular weight is 401 g/mol. The molecule has 0 fully saturated rings. The molecule has 1 aliphatic heterocycles. The lowest BCUT2D eigenvalue weighted by atomic mass is 9.99.